The topological polar surface area (TPSA) is 46.9 Å². The molecule has 1 amide bonds. The van der Waals surface area contributed by atoms with Gasteiger partial charge in [-0.1, -0.05) is 11.6 Å². The molecule has 1 heterocycles. The van der Waals surface area contributed by atoms with Crippen LogP contribution in [0.25, 0.3) is 5.69 Å². The third-order valence-corrected chi connectivity index (χ3v) is 2.26. The van der Waals surface area contributed by atoms with E-state index in [4.69, 9.17) is 11.6 Å². The van der Waals surface area contributed by atoms with Gasteiger partial charge in [-0.05, 0) is 24.3 Å². The first-order valence-corrected chi connectivity index (χ1v) is 5.12. The summed E-state index contributed by atoms with van der Waals surface area (Å²) in [6, 6.07) is 7.07. The Morgan fingerprint density at radius 1 is 1.50 bits per heavy atom. The molecule has 2 rings (SSSR count). The lowest BCUT2D eigenvalue weighted by molar-refractivity contribution is -0.114. The maximum atomic E-state index is 11.1. The summed E-state index contributed by atoms with van der Waals surface area (Å²) < 4.78 is 1.67. The van der Waals surface area contributed by atoms with Crippen LogP contribution < -0.4 is 5.32 Å². The third-order valence-electron chi connectivity index (χ3n) is 2.02. The Hall–Kier alpha value is -1.81. The van der Waals surface area contributed by atoms with E-state index in [1.807, 2.05) is 6.07 Å². The minimum absolute atomic E-state index is 0.143. The lowest BCUT2D eigenvalue weighted by Gasteiger charge is -2.10. The number of halogens is 1. The number of hydrogen-bond donors (Lipinski definition) is 1. The number of nitrogens with zero attached hydrogens (tertiary/aromatic N) is 2. The Bertz CT molecular complexity index is 508. The lowest BCUT2D eigenvalue weighted by atomic mass is 10.2. The molecule has 0 spiro atoms. The van der Waals surface area contributed by atoms with Crippen molar-refractivity contribution in [3.8, 4) is 5.69 Å². The van der Waals surface area contributed by atoms with E-state index in [0.717, 1.165) is 5.69 Å². The molecule has 0 fully saturated rings. The highest BCUT2D eigenvalue weighted by Gasteiger charge is 2.06. The first-order valence-electron chi connectivity index (χ1n) is 4.74. The van der Waals surface area contributed by atoms with Crippen LogP contribution in [0.5, 0.6) is 0 Å². The molecule has 0 radical (unpaired) electrons. The fourth-order valence-corrected chi connectivity index (χ4v) is 1.58. The average molecular weight is 236 g/mol. The van der Waals surface area contributed by atoms with Crippen molar-refractivity contribution in [3.05, 3.63) is 41.7 Å². The zero-order valence-electron chi connectivity index (χ0n) is 8.64. The van der Waals surface area contributed by atoms with Gasteiger partial charge in [-0.3, -0.25) is 4.79 Å². The Balaban J connectivity index is 2.48. The van der Waals surface area contributed by atoms with Gasteiger partial charge in [-0.15, -0.1) is 0 Å². The fraction of sp³-hybridized carbons (Fsp3) is 0.0909. The van der Waals surface area contributed by atoms with Crippen molar-refractivity contribution in [1.29, 1.82) is 0 Å². The van der Waals surface area contributed by atoms with Crippen molar-refractivity contribution in [3.63, 3.8) is 0 Å². The zero-order chi connectivity index (χ0) is 11.5. The van der Waals surface area contributed by atoms with Crippen molar-refractivity contribution in [2.75, 3.05) is 5.32 Å². The number of carbonyl (C=O) groups is 1. The maximum Gasteiger partial charge on any atom is 0.221 e. The first-order chi connectivity index (χ1) is 7.66. The largest absolute Gasteiger partial charge is 0.324 e. The molecule has 82 valence electrons. The molecule has 1 aromatic carbocycles. The molecule has 0 aliphatic heterocycles. The van der Waals surface area contributed by atoms with E-state index < -0.39 is 0 Å². The normalized spacial score (nSPS) is 10.1. The molecule has 5 heteroatoms. The minimum Gasteiger partial charge on any atom is -0.324 e. The van der Waals surface area contributed by atoms with E-state index in [0.29, 0.717) is 10.7 Å². The predicted molar refractivity (Wildman–Crippen MR) is 62.9 cm³/mol. The number of aromatic nitrogens is 2. The highest BCUT2D eigenvalue weighted by molar-refractivity contribution is 6.31. The van der Waals surface area contributed by atoms with E-state index in [1.165, 1.54) is 6.92 Å². The Labute approximate surface area is 97.8 Å². The number of benzene rings is 1. The molecule has 2 aromatic rings. The van der Waals surface area contributed by atoms with Crippen LogP contribution in [0.1, 0.15) is 6.92 Å². The molecular formula is C11H10ClN3O. The molecule has 4 nitrogen and oxygen atoms in total. The highest BCUT2D eigenvalue weighted by atomic mass is 35.5. The van der Waals surface area contributed by atoms with E-state index in [1.54, 1.807) is 35.3 Å². The van der Waals surface area contributed by atoms with Gasteiger partial charge < -0.3 is 5.32 Å². The maximum absolute atomic E-state index is 11.1. The Morgan fingerprint density at radius 2 is 2.31 bits per heavy atom. The van der Waals surface area contributed by atoms with Crippen molar-refractivity contribution in [1.82, 2.24) is 9.78 Å². The van der Waals surface area contributed by atoms with E-state index in [2.05, 4.69) is 10.4 Å². The molecular weight excluding hydrogens is 226 g/mol. The van der Waals surface area contributed by atoms with Crippen LogP contribution >= 0.6 is 11.6 Å². The van der Waals surface area contributed by atoms with Gasteiger partial charge >= 0.3 is 0 Å². The standard InChI is InChI=1S/C11H10ClN3O/c1-8(16)14-10-7-9(12)3-4-11(10)15-6-2-5-13-15/h2-7H,1H3,(H,14,16). The minimum atomic E-state index is -0.143. The summed E-state index contributed by atoms with van der Waals surface area (Å²) in [5.74, 6) is -0.143. The van der Waals surface area contributed by atoms with Crippen LogP contribution in [0.3, 0.4) is 0 Å². The van der Waals surface area contributed by atoms with Crippen molar-refractivity contribution >= 4 is 23.2 Å². The van der Waals surface area contributed by atoms with E-state index in [9.17, 15) is 4.79 Å². The van der Waals surface area contributed by atoms with Crippen molar-refractivity contribution in [2.45, 2.75) is 6.92 Å². The molecule has 1 N–H and O–H groups in total. The summed E-state index contributed by atoms with van der Waals surface area (Å²) in [4.78, 5) is 11.1. The Morgan fingerprint density at radius 3 is 2.94 bits per heavy atom. The monoisotopic (exact) mass is 235 g/mol. The highest BCUT2D eigenvalue weighted by Crippen LogP contribution is 2.23. The summed E-state index contributed by atoms with van der Waals surface area (Å²) in [5.41, 5.74) is 1.42. The molecule has 0 saturated heterocycles. The zero-order valence-corrected chi connectivity index (χ0v) is 9.40. The van der Waals surface area contributed by atoms with Crippen LogP contribution in [0.4, 0.5) is 5.69 Å². The average Bonchev–Trinajstić information content (AvgIpc) is 2.69. The second kappa shape index (κ2) is 4.37. The van der Waals surface area contributed by atoms with Gasteiger partial charge in [-0.2, -0.15) is 5.10 Å². The lowest BCUT2D eigenvalue weighted by Crippen LogP contribution is -2.09. The second-order valence-corrected chi connectivity index (χ2v) is 3.73. The number of rotatable bonds is 2. The summed E-state index contributed by atoms with van der Waals surface area (Å²) >= 11 is 5.88. The molecule has 0 saturated carbocycles. The van der Waals surface area contributed by atoms with Crippen LogP contribution in [0.2, 0.25) is 5.02 Å². The summed E-state index contributed by atoms with van der Waals surface area (Å²) in [5, 5.41) is 7.39. The van der Waals surface area contributed by atoms with Gasteiger partial charge in [0.05, 0.1) is 11.4 Å². The summed E-state index contributed by atoms with van der Waals surface area (Å²) in [6.45, 7) is 1.45. The third kappa shape index (κ3) is 2.23. The smallest absolute Gasteiger partial charge is 0.221 e. The fourth-order valence-electron chi connectivity index (χ4n) is 1.41. The van der Waals surface area contributed by atoms with Gasteiger partial charge in [0, 0.05) is 24.3 Å². The molecule has 1 aromatic heterocycles. The number of nitrogens with one attached hydrogen (secondary N) is 1. The van der Waals surface area contributed by atoms with E-state index >= 15 is 0 Å². The molecule has 0 atom stereocenters. The van der Waals surface area contributed by atoms with Crippen molar-refractivity contribution in [2.24, 2.45) is 0 Å². The van der Waals surface area contributed by atoms with E-state index in [-0.39, 0.29) is 5.91 Å². The second-order valence-electron chi connectivity index (χ2n) is 3.29. The first kappa shape index (κ1) is 10.7. The summed E-state index contributed by atoms with van der Waals surface area (Å²) in [7, 11) is 0. The van der Waals surface area contributed by atoms with Crippen LogP contribution in [-0.4, -0.2) is 15.7 Å². The number of hydrogen-bond acceptors (Lipinski definition) is 2. The van der Waals surface area contributed by atoms with Gasteiger partial charge in [-0.25, -0.2) is 4.68 Å². The summed E-state index contributed by atoms with van der Waals surface area (Å²) in [6.07, 6.45) is 3.47. The van der Waals surface area contributed by atoms with Crippen LogP contribution in [0, 0.1) is 0 Å². The Kier molecular flexibility index (Phi) is 2.92. The van der Waals surface area contributed by atoms with Crippen molar-refractivity contribution < 1.29 is 4.79 Å². The SMILES string of the molecule is CC(=O)Nc1cc(Cl)ccc1-n1cccn1. The van der Waals surface area contributed by atoms with Gasteiger partial charge in [0.25, 0.3) is 0 Å². The molecule has 0 aliphatic rings. The van der Waals surface area contributed by atoms with Gasteiger partial charge in [0.15, 0.2) is 0 Å². The molecule has 0 unspecified atom stereocenters. The van der Waals surface area contributed by atoms with Crippen LogP contribution in [0.15, 0.2) is 36.7 Å². The predicted octanol–water partition coefficient (Wildman–Crippen LogP) is 2.48. The van der Waals surface area contributed by atoms with Gasteiger partial charge in [0.1, 0.15) is 0 Å². The number of carbonyl (C=O) groups excluding carboxylic acids is 1. The molecule has 0 aliphatic carbocycles. The quantitative estimate of drug-likeness (QED) is 0.869. The number of amides is 1. The number of anilines is 1. The molecule has 0 bridgehead atoms. The van der Waals surface area contributed by atoms with Crippen LogP contribution in [-0.2, 0) is 4.79 Å². The van der Waals surface area contributed by atoms with Gasteiger partial charge in [0.2, 0.25) is 5.91 Å². The molecule has 16 heavy (non-hydrogen) atoms.